The van der Waals surface area contributed by atoms with Gasteiger partial charge in [-0.1, -0.05) is 35.9 Å². The van der Waals surface area contributed by atoms with Gasteiger partial charge in [-0.25, -0.2) is 4.79 Å². The van der Waals surface area contributed by atoms with Crippen LogP contribution in [0.1, 0.15) is 12.5 Å². The summed E-state index contributed by atoms with van der Waals surface area (Å²) in [4.78, 5) is 11.8. The van der Waals surface area contributed by atoms with Gasteiger partial charge >= 0.3 is 5.97 Å². The molecule has 0 saturated carbocycles. The van der Waals surface area contributed by atoms with Crippen LogP contribution < -0.4 is 0 Å². The lowest BCUT2D eigenvalue weighted by molar-refractivity contribution is -0.180. The van der Waals surface area contributed by atoms with E-state index in [0.717, 1.165) is 6.92 Å². The number of carbonyl (C=O) groups excluding carboxylic acids is 1. The van der Waals surface area contributed by atoms with Gasteiger partial charge in [0.15, 0.2) is 0 Å². The summed E-state index contributed by atoms with van der Waals surface area (Å²) in [6.07, 6.45) is 0. The van der Waals surface area contributed by atoms with Crippen molar-refractivity contribution in [1.82, 2.24) is 0 Å². The molecule has 1 rings (SSSR count). The van der Waals surface area contributed by atoms with Crippen LogP contribution in [0.15, 0.2) is 30.3 Å². The highest BCUT2D eigenvalue weighted by Crippen LogP contribution is 1.92. The first kappa shape index (κ1) is 10.6. The van der Waals surface area contributed by atoms with E-state index in [1.54, 1.807) is 0 Å². The lowest BCUT2D eigenvalue weighted by atomic mass is 10.2. The second-order valence-corrected chi connectivity index (χ2v) is 2.22. The van der Waals surface area contributed by atoms with E-state index in [4.69, 9.17) is 0 Å². The average Bonchev–Trinajstić information content (AvgIpc) is 2.07. The van der Waals surface area contributed by atoms with Crippen LogP contribution in [-0.2, 0) is 9.74 Å². The third kappa shape index (κ3) is 6.74. The van der Waals surface area contributed by atoms with Crippen LogP contribution in [0.25, 0.3) is 0 Å². The monoisotopic (exact) mass is 170 g/mol. The van der Waals surface area contributed by atoms with E-state index in [-0.39, 0.29) is 0 Å². The molecule has 0 spiro atoms. The van der Waals surface area contributed by atoms with Gasteiger partial charge in [0.25, 0.3) is 0 Å². The van der Waals surface area contributed by atoms with E-state index < -0.39 is 5.97 Å². The molecule has 0 saturated heterocycles. The van der Waals surface area contributed by atoms with Gasteiger partial charge in [0.05, 0.1) is 0 Å². The number of aryl methyl sites for hydroxylation is 1. The number of halogens is 1. The van der Waals surface area contributed by atoms with Crippen molar-refractivity contribution >= 4 is 5.97 Å². The van der Waals surface area contributed by atoms with Crippen LogP contribution in [0.4, 0.5) is 4.53 Å². The highest BCUT2D eigenvalue weighted by molar-refractivity contribution is 5.64. The molecule has 0 fully saturated rings. The van der Waals surface area contributed by atoms with Crippen molar-refractivity contribution in [2.75, 3.05) is 0 Å². The van der Waals surface area contributed by atoms with Crippen LogP contribution in [0.5, 0.6) is 0 Å². The lowest BCUT2D eigenvalue weighted by Gasteiger charge is -1.82. The standard InChI is InChI=1S/C7H8.C2H3FO2/c1-7-5-3-2-4-6-7;1-2(4)5-3/h2-6H,1H3;1H3. The van der Waals surface area contributed by atoms with E-state index in [0.29, 0.717) is 0 Å². The number of carbonyl (C=O) groups is 1. The van der Waals surface area contributed by atoms with Crippen molar-refractivity contribution in [3.05, 3.63) is 35.9 Å². The first-order chi connectivity index (χ1) is 5.66. The molecule has 0 N–H and O–H groups in total. The van der Waals surface area contributed by atoms with E-state index in [1.807, 2.05) is 18.2 Å². The number of rotatable bonds is 0. The molecular formula is C9H11FO2. The van der Waals surface area contributed by atoms with Gasteiger partial charge in [-0.15, -0.1) is 0 Å². The minimum Gasteiger partial charge on any atom is -0.255 e. The molecule has 0 unspecified atom stereocenters. The molecule has 0 bridgehead atoms. The van der Waals surface area contributed by atoms with Crippen molar-refractivity contribution in [3.63, 3.8) is 0 Å². The molecular weight excluding hydrogens is 159 g/mol. The van der Waals surface area contributed by atoms with Crippen molar-refractivity contribution < 1.29 is 14.3 Å². The first-order valence-electron chi connectivity index (χ1n) is 3.47. The number of benzene rings is 1. The highest BCUT2D eigenvalue weighted by Gasteiger charge is 1.81. The summed E-state index contributed by atoms with van der Waals surface area (Å²) < 4.78 is 10.3. The van der Waals surface area contributed by atoms with Crippen molar-refractivity contribution in [3.8, 4) is 0 Å². The minimum absolute atomic E-state index is 0.912. The molecule has 1 aromatic rings. The molecule has 0 heterocycles. The zero-order valence-corrected chi connectivity index (χ0v) is 7.08. The van der Waals surface area contributed by atoms with Gasteiger partial charge in [-0.2, -0.15) is 0 Å². The Morgan fingerprint density at radius 3 is 1.92 bits per heavy atom. The topological polar surface area (TPSA) is 26.3 Å². The SMILES string of the molecule is CC(=O)OF.Cc1ccccc1. The number of hydrogen-bond donors (Lipinski definition) is 0. The Balaban J connectivity index is 0.000000217. The molecule has 0 radical (unpaired) electrons. The molecule has 12 heavy (non-hydrogen) atoms. The van der Waals surface area contributed by atoms with Gasteiger partial charge in [-0.3, -0.25) is 4.94 Å². The molecule has 0 aromatic heterocycles. The Morgan fingerprint density at radius 2 is 1.75 bits per heavy atom. The van der Waals surface area contributed by atoms with Crippen LogP contribution >= 0.6 is 0 Å². The summed E-state index contributed by atoms with van der Waals surface area (Å²) in [5.41, 5.74) is 1.32. The van der Waals surface area contributed by atoms with Gasteiger partial charge < -0.3 is 0 Å². The molecule has 3 heteroatoms. The summed E-state index contributed by atoms with van der Waals surface area (Å²) in [6, 6.07) is 10.3. The minimum atomic E-state index is -0.912. The second kappa shape index (κ2) is 6.34. The summed E-state index contributed by atoms with van der Waals surface area (Å²) >= 11 is 0. The Morgan fingerprint density at radius 1 is 1.33 bits per heavy atom. The fraction of sp³-hybridized carbons (Fsp3) is 0.222. The van der Waals surface area contributed by atoms with Gasteiger partial charge in [-0.05, 0) is 6.92 Å². The van der Waals surface area contributed by atoms with Crippen LogP contribution in [0.2, 0.25) is 0 Å². The van der Waals surface area contributed by atoms with Gasteiger partial charge in [0.2, 0.25) is 0 Å². The van der Waals surface area contributed by atoms with E-state index in [1.165, 1.54) is 5.56 Å². The molecule has 0 atom stereocenters. The molecule has 1 aromatic carbocycles. The Labute approximate surface area is 70.9 Å². The third-order valence-electron chi connectivity index (χ3n) is 1.05. The molecule has 2 nitrogen and oxygen atoms in total. The quantitative estimate of drug-likeness (QED) is 0.597. The second-order valence-electron chi connectivity index (χ2n) is 2.22. The maximum Gasteiger partial charge on any atom is 0.345 e. The fourth-order valence-corrected chi connectivity index (χ4v) is 0.534. The lowest BCUT2D eigenvalue weighted by Crippen LogP contribution is -1.83. The third-order valence-corrected chi connectivity index (χ3v) is 1.05. The fourth-order valence-electron chi connectivity index (χ4n) is 0.534. The maximum absolute atomic E-state index is 10.3. The first-order valence-corrected chi connectivity index (χ1v) is 3.47. The van der Waals surface area contributed by atoms with E-state index >= 15 is 0 Å². The highest BCUT2D eigenvalue weighted by atomic mass is 19.3. The maximum atomic E-state index is 10.3. The summed E-state index contributed by atoms with van der Waals surface area (Å²) in [6.45, 7) is 3.07. The van der Waals surface area contributed by atoms with Crippen LogP contribution in [0, 0.1) is 6.92 Å². The predicted molar refractivity (Wildman–Crippen MR) is 44.1 cm³/mol. The summed E-state index contributed by atoms with van der Waals surface area (Å²) in [5, 5.41) is 0. The molecule has 0 amide bonds. The predicted octanol–water partition coefficient (Wildman–Crippen LogP) is 2.43. The van der Waals surface area contributed by atoms with Crippen molar-refractivity contribution in [1.29, 1.82) is 0 Å². The molecule has 0 aliphatic rings. The van der Waals surface area contributed by atoms with E-state index in [2.05, 4.69) is 24.0 Å². The molecule has 0 aliphatic heterocycles. The Kier molecular flexibility index (Phi) is 5.61. The average molecular weight is 170 g/mol. The van der Waals surface area contributed by atoms with Crippen molar-refractivity contribution in [2.24, 2.45) is 0 Å². The van der Waals surface area contributed by atoms with Gasteiger partial charge in [0.1, 0.15) is 0 Å². The molecule has 66 valence electrons. The Bertz CT molecular complexity index is 221. The normalized spacial score (nSPS) is 7.92. The molecule has 0 aliphatic carbocycles. The number of hydrogen-bond acceptors (Lipinski definition) is 2. The zero-order valence-electron chi connectivity index (χ0n) is 7.08. The zero-order chi connectivity index (χ0) is 9.40. The van der Waals surface area contributed by atoms with Crippen LogP contribution in [0.3, 0.4) is 0 Å². The summed E-state index contributed by atoms with van der Waals surface area (Å²) in [7, 11) is 0. The largest absolute Gasteiger partial charge is 0.345 e. The van der Waals surface area contributed by atoms with Crippen LogP contribution in [-0.4, -0.2) is 5.97 Å². The van der Waals surface area contributed by atoms with Crippen molar-refractivity contribution in [2.45, 2.75) is 13.8 Å². The summed E-state index contributed by atoms with van der Waals surface area (Å²) in [5.74, 6) is -0.912. The Hall–Kier alpha value is -1.38. The van der Waals surface area contributed by atoms with Gasteiger partial charge in [0, 0.05) is 11.4 Å². The smallest absolute Gasteiger partial charge is 0.255 e. The van der Waals surface area contributed by atoms with E-state index in [9.17, 15) is 9.32 Å².